The molecule has 1 aromatic rings. The van der Waals surface area contributed by atoms with Crippen molar-refractivity contribution in [2.24, 2.45) is 0 Å². The van der Waals surface area contributed by atoms with Crippen molar-refractivity contribution in [2.45, 2.75) is 19.8 Å². The SMILES string of the molecule is CC(C)c1ncc(Br)cc1Br. The Bertz CT molecular complexity index is 258. The summed E-state index contributed by atoms with van der Waals surface area (Å²) in [5, 5.41) is 0. The van der Waals surface area contributed by atoms with Crippen LogP contribution < -0.4 is 0 Å². The molecule has 0 saturated carbocycles. The first-order chi connectivity index (χ1) is 5.11. The van der Waals surface area contributed by atoms with E-state index in [1.165, 1.54) is 0 Å². The van der Waals surface area contributed by atoms with Crippen LogP contribution in [0.2, 0.25) is 0 Å². The Morgan fingerprint density at radius 3 is 2.45 bits per heavy atom. The van der Waals surface area contributed by atoms with E-state index in [1.807, 2.05) is 12.3 Å². The molecule has 0 unspecified atom stereocenters. The lowest BCUT2D eigenvalue weighted by molar-refractivity contribution is 0.815. The maximum atomic E-state index is 4.28. The Labute approximate surface area is 83.5 Å². The van der Waals surface area contributed by atoms with Crippen LogP contribution in [0.4, 0.5) is 0 Å². The molecule has 0 aromatic carbocycles. The fourth-order valence-corrected chi connectivity index (χ4v) is 2.30. The van der Waals surface area contributed by atoms with Gasteiger partial charge in [0.1, 0.15) is 0 Å². The Kier molecular flexibility index (Phi) is 3.07. The van der Waals surface area contributed by atoms with Crippen LogP contribution in [0.5, 0.6) is 0 Å². The summed E-state index contributed by atoms with van der Waals surface area (Å²) in [6.07, 6.45) is 1.82. The van der Waals surface area contributed by atoms with Gasteiger partial charge in [0, 0.05) is 15.1 Å². The molecule has 0 fully saturated rings. The van der Waals surface area contributed by atoms with Gasteiger partial charge in [-0.25, -0.2) is 0 Å². The maximum Gasteiger partial charge on any atom is 0.0571 e. The fraction of sp³-hybridized carbons (Fsp3) is 0.375. The van der Waals surface area contributed by atoms with E-state index >= 15 is 0 Å². The molecule has 0 aliphatic carbocycles. The van der Waals surface area contributed by atoms with Crippen molar-refractivity contribution in [3.63, 3.8) is 0 Å². The molecule has 0 radical (unpaired) electrons. The summed E-state index contributed by atoms with van der Waals surface area (Å²) >= 11 is 6.81. The van der Waals surface area contributed by atoms with Crippen LogP contribution in [0.3, 0.4) is 0 Å². The third kappa shape index (κ3) is 2.27. The molecule has 0 spiro atoms. The van der Waals surface area contributed by atoms with Gasteiger partial charge < -0.3 is 0 Å². The van der Waals surface area contributed by atoms with Gasteiger partial charge in [-0.3, -0.25) is 4.98 Å². The summed E-state index contributed by atoms with van der Waals surface area (Å²) in [5.74, 6) is 0.470. The average Bonchev–Trinajstić information content (AvgIpc) is 1.85. The number of rotatable bonds is 1. The lowest BCUT2D eigenvalue weighted by Crippen LogP contribution is -1.92. The Morgan fingerprint density at radius 2 is 2.00 bits per heavy atom. The van der Waals surface area contributed by atoms with Crippen LogP contribution in [0.15, 0.2) is 21.2 Å². The standard InChI is InChI=1S/C8H9Br2N/c1-5(2)8-7(10)3-6(9)4-11-8/h3-5H,1-2H3. The van der Waals surface area contributed by atoms with Crippen LogP contribution in [-0.2, 0) is 0 Å². The maximum absolute atomic E-state index is 4.28. The minimum atomic E-state index is 0.470. The third-order valence-corrected chi connectivity index (χ3v) is 2.45. The predicted octanol–water partition coefficient (Wildman–Crippen LogP) is 3.73. The highest BCUT2D eigenvalue weighted by molar-refractivity contribution is 9.11. The van der Waals surface area contributed by atoms with E-state index in [9.17, 15) is 0 Å². The number of nitrogens with zero attached hydrogens (tertiary/aromatic N) is 1. The molecule has 1 heterocycles. The highest BCUT2D eigenvalue weighted by Crippen LogP contribution is 2.24. The average molecular weight is 279 g/mol. The van der Waals surface area contributed by atoms with Crippen molar-refractivity contribution in [1.82, 2.24) is 4.98 Å². The molecule has 0 amide bonds. The second-order valence-electron chi connectivity index (χ2n) is 2.68. The normalized spacial score (nSPS) is 10.6. The molecule has 3 heteroatoms. The summed E-state index contributed by atoms with van der Waals surface area (Å²) < 4.78 is 2.08. The monoisotopic (exact) mass is 277 g/mol. The Hall–Kier alpha value is 0.110. The lowest BCUT2D eigenvalue weighted by Gasteiger charge is -2.06. The zero-order chi connectivity index (χ0) is 8.43. The van der Waals surface area contributed by atoms with Gasteiger partial charge in [0.25, 0.3) is 0 Å². The summed E-state index contributed by atoms with van der Waals surface area (Å²) in [5.41, 5.74) is 1.10. The molecule has 0 saturated heterocycles. The summed E-state index contributed by atoms with van der Waals surface area (Å²) in [6.45, 7) is 4.25. The van der Waals surface area contributed by atoms with E-state index in [2.05, 4.69) is 50.7 Å². The van der Waals surface area contributed by atoms with Crippen molar-refractivity contribution in [1.29, 1.82) is 0 Å². The smallest absolute Gasteiger partial charge is 0.0571 e. The number of aromatic nitrogens is 1. The molecular weight excluding hydrogens is 270 g/mol. The van der Waals surface area contributed by atoms with E-state index < -0.39 is 0 Å². The first-order valence-corrected chi connectivity index (χ1v) is 5.01. The summed E-state index contributed by atoms with van der Waals surface area (Å²) in [4.78, 5) is 4.28. The molecule has 0 aliphatic rings. The first-order valence-electron chi connectivity index (χ1n) is 3.42. The fourth-order valence-electron chi connectivity index (χ4n) is 0.850. The van der Waals surface area contributed by atoms with Crippen LogP contribution in [0.1, 0.15) is 25.5 Å². The molecule has 1 rings (SSSR count). The van der Waals surface area contributed by atoms with Crippen LogP contribution in [0.25, 0.3) is 0 Å². The van der Waals surface area contributed by atoms with Crippen LogP contribution in [0, 0.1) is 0 Å². The lowest BCUT2D eigenvalue weighted by atomic mass is 10.1. The van der Waals surface area contributed by atoms with Gasteiger partial charge in [0.05, 0.1) is 5.69 Å². The minimum Gasteiger partial charge on any atom is -0.259 e. The minimum absolute atomic E-state index is 0.470. The summed E-state index contributed by atoms with van der Waals surface area (Å²) in [7, 11) is 0. The largest absolute Gasteiger partial charge is 0.259 e. The van der Waals surface area contributed by atoms with E-state index in [4.69, 9.17) is 0 Å². The molecule has 60 valence electrons. The van der Waals surface area contributed by atoms with E-state index in [0.29, 0.717) is 5.92 Å². The van der Waals surface area contributed by atoms with Gasteiger partial charge in [0.2, 0.25) is 0 Å². The second kappa shape index (κ2) is 3.68. The highest BCUT2D eigenvalue weighted by atomic mass is 79.9. The second-order valence-corrected chi connectivity index (χ2v) is 4.45. The zero-order valence-corrected chi connectivity index (χ0v) is 9.61. The van der Waals surface area contributed by atoms with Crippen molar-refractivity contribution in [2.75, 3.05) is 0 Å². The van der Waals surface area contributed by atoms with Gasteiger partial charge in [-0.2, -0.15) is 0 Å². The molecule has 1 aromatic heterocycles. The van der Waals surface area contributed by atoms with Crippen molar-refractivity contribution < 1.29 is 0 Å². The van der Waals surface area contributed by atoms with Crippen molar-refractivity contribution >= 4 is 31.9 Å². The number of hydrogen-bond donors (Lipinski definition) is 0. The van der Waals surface area contributed by atoms with E-state index in [1.54, 1.807) is 0 Å². The molecule has 0 N–H and O–H groups in total. The number of pyridine rings is 1. The topological polar surface area (TPSA) is 12.9 Å². The van der Waals surface area contributed by atoms with Gasteiger partial charge >= 0.3 is 0 Å². The van der Waals surface area contributed by atoms with E-state index in [-0.39, 0.29) is 0 Å². The molecule has 0 aliphatic heterocycles. The van der Waals surface area contributed by atoms with Gasteiger partial charge in [0.15, 0.2) is 0 Å². The molecular formula is C8H9Br2N. The van der Waals surface area contributed by atoms with Crippen molar-refractivity contribution in [3.8, 4) is 0 Å². The van der Waals surface area contributed by atoms with Crippen LogP contribution >= 0.6 is 31.9 Å². The van der Waals surface area contributed by atoms with Gasteiger partial charge in [-0.15, -0.1) is 0 Å². The van der Waals surface area contributed by atoms with Crippen molar-refractivity contribution in [3.05, 3.63) is 26.9 Å². The number of hydrogen-bond acceptors (Lipinski definition) is 1. The highest BCUT2D eigenvalue weighted by Gasteiger charge is 2.05. The summed E-state index contributed by atoms with van der Waals surface area (Å²) in [6, 6.07) is 2.02. The third-order valence-electron chi connectivity index (χ3n) is 1.38. The van der Waals surface area contributed by atoms with Crippen LogP contribution in [-0.4, -0.2) is 4.98 Å². The predicted molar refractivity (Wildman–Crippen MR) is 53.7 cm³/mol. The Morgan fingerprint density at radius 1 is 1.36 bits per heavy atom. The van der Waals surface area contributed by atoms with E-state index in [0.717, 1.165) is 14.6 Å². The van der Waals surface area contributed by atoms with Gasteiger partial charge in [-0.1, -0.05) is 13.8 Å². The quantitative estimate of drug-likeness (QED) is 0.763. The molecule has 0 atom stereocenters. The first kappa shape index (κ1) is 9.20. The molecule has 11 heavy (non-hydrogen) atoms. The zero-order valence-electron chi connectivity index (χ0n) is 6.44. The Balaban J connectivity index is 3.09. The molecule has 1 nitrogen and oxygen atoms in total. The number of halogens is 2. The molecule has 0 bridgehead atoms. The van der Waals surface area contributed by atoms with Gasteiger partial charge in [-0.05, 0) is 43.8 Å².